The van der Waals surface area contributed by atoms with E-state index in [0.29, 0.717) is 21.3 Å². The van der Waals surface area contributed by atoms with Gasteiger partial charge in [-0.2, -0.15) is 0 Å². The summed E-state index contributed by atoms with van der Waals surface area (Å²) in [6, 6.07) is 6.07. The van der Waals surface area contributed by atoms with Crippen molar-refractivity contribution >= 4 is 37.5 Å². The molecule has 0 fully saturated rings. The number of rotatable bonds is 3. The zero-order chi connectivity index (χ0) is 15.6. The predicted octanol–water partition coefficient (Wildman–Crippen LogP) is 2.05. The molecular formula is C13H12BrN3O3S. The number of hydrogen-bond acceptors (Lipinski definition) is 4. The number of anilines is 1. The Kier molecular flexibility index (Phi) is 4.40. The SMILES string of the molecule is Cc1cc(NC(=O)c2ccncc2)c(Br)cc1S(N)(=O)=O. The van der Waals surface area contributed by atoms with Gasteiger partial charge in [-0.3, -0.25) is 9.78 Å². The highest BCUT2D eigenvalue weighted by molar-refractivity contribution is 9.10. The molecular weight excluding hydrogens is 358 g/mol. The van der Waals surface area contributed by atoms with Crippen LogP contribution in [0.25, 0.3) is 0 Å². The Balaban J connectivity index is 2.34. The Labute approximate surface area is 130 Å². The summed E-state index contributed by atoms with van der Waals surface area (Å²) in [5, 5.41) is 7.82. The van der Waals surface area contributed by atoms with Crippen molar-refractivity contribution in [1.82, 2.24) is 4.98 Å². The molecule has 0 saturated heterocycles. The molecule has 0 spiro atoms. The van der Waals surface area contributed by atoms with Crippen LogP contribution in [-0.4, -0.2) is 19.3 Å². The molecule has 110 valence electrons. The minimum Gasteiger partial charge on any atom is -0.321 e. The topological polar surface area (TPSA) is 102 Å². The van der Waals surface area contributed by atoms with Crippen molar-refractivity contribution in [3.8, 4) is 0 Å². The van der Waals surface area contributed by atoms with E-state index in [1.165, 1.54) is 18.5 Å². The predicted molar refractivity (Wildman–Crippen MR) is 82.4 cm³/mol. The lowest BCUT2D eigenvalue weighted by Gasteiger charge is -2.11. The van der Waals surface area contributed by atoms with Crippen LogP contribution in [0.1, 0.15) is 15.9 Å². The number of pyridine rings is 1. The summed E-state index contributed by atoms with van der Waals surface area (Å²) < 4.78 is 23.3. The maximum Gasteiger partial charge on any atom is 0.255 e. The lowest BCUT2D eigenvalue weighted by atomic mass is 10.2. The molecule has 0 atom stereocenters. The summed E-state index contributed by atoms with van der Waals surface area (Å²) in [4.78, 5) is 15.9. The standard InChI is InChI=1S/C13H12BrN3O3S/c1-8-6-11(10(14)7-12(8)21(15,19)20)17-13(18)9-2-4-16-5-3-9/h2-7H,1H3,(H,17,18)(H2,15,19,20). The van der Waals surface area contributed by atoms with Gasteiger partial charge in [-0.25, -0.2) is 13.6 Å². The second kappa shape index (κ2) is 5.92. The van der Waals surface area contributed by atoms with Crippen LogP contribution in [0.4, 0.5) is 5.69 Å². The van der Waals surface area contributed by atoms with Crippen LogP contribution in [0.15, 0.2) is 46.0 Å². The van der Waals surface area contributed by atoms with Crippen molar-refractivity contribution in [2.75, 3.05) is 5.32 Å². The quantitative estimate of drug-likeness (QED) is 0.863. The first-order valence-corrected chi connectivity index (χ1v) is 8.17. The first-order valence-electron chi connectivity index (χ1n) is 5.83. The number of nitrogens with two attached hydrogens (primary N) is 1. The van der Waals surface area contributed by atoms with Gasteiger partial charge in [-0.1, -0.05) is 0 Å². The van der Waals surface area contributed by atoms with Gasteiger partial charge in [0, 0.05) is 22.4 Å². The summed E-state index contributed by atoms with van der Waals surface area (Å²) in [6.07, 6.45) is 3.03. The van der Waals surface area contributed by atoms with E-state index in [1.807, 2.05) is 0 Å². The molecule has 0 aliphatic carbocycles. The van der Waals surface area contributed by atoms with Crippen LogP contribution in [0.2, 0.25) is 0 Å². The summed E-state index contributed by atoms with van der Waals surface area (Å²) in [5.74, 6) is -0.319. The van der Waals surface area contributed by atoms with E-state index in [-0.39, 0.29) is 10.8 Å². The Hall–Kier alpha value is -1.77. The minimum absolute atomic E-state index is 0.0104. The van der Waals surface area contributed by atoms with Crippen molar-refractivity contribution in [3.63, 3.8) is 0 Å². The molecule has 21 heavy (non-hydrogen) atoms. The fraction of sp³-hybridized carbons (Fsp3) is 0.0769. The van der Waals surface area contributed by atoms with Crippen LogP contribution in [0.3, 0.4) is 0 Å². The van der Waals surface area contributed by atoms with Crippen molar-refractivity contribution < 1.29 is 13.2 Å². The molecule has 2 rings (SSSR count). The molecule has 6 nitrogen and oxygen atoms in total. The molecule has 1 heterocycles. The Morgan fingerprint density at radius 3 is 2.48 bits per heavy atom. The number of benzene rings is 1. The normalized spacial score (nSPS) is 11.2. The molecule has 3 N–H and O–H groups in total. The monoisotopic (exact) mass is 369 g/mol. The zero-order valence-corrected chi connectivity index (χ0v) is 13.4. The number of carbonyl (C=O) groups is 1. The van der Waals surface area contributed by atoms with Crippen molar-refractivity contribution in [3.05, 3.63) is 52.3 Å². The molecule has 1 aromatic heterocycles. The van der Waals surface area contributed by atoms with Crippen molar-refractivity contribution in [2.45, 2.75) is 11.8 Å². The van der Waals surface area contributed by atoms with Gasteiger partial charge in [-0.05, 0) is 52.7 Å². The lowest BCUT2D eigenvalue weighted by Crippen LogP contribution is -2.16. The van der Waals surface area contributed by atoms with E-state index in [4.69, 9.17) is 5.14 Å². The lowest BCUT2D eigenvalue weighted by molar-refractivity contribution is 0.102. The van der Waals surface area contributed by atoms with Crippen LogP contribution in [0, 0.1) is 6.92 Å². The van der Waals surface area contributed by atoms with E-state index in [9.17, 15) is 13.2 Å². The Morgan fingerprint density at radius 1 is 1.29 bits per heavy atom. The van der Waals surface area contributed by atoms with E-state index in [2.05, 4.69) is 26.2 Å². The van der Waals surface area contributed by atoms with Gasteiger partial charge in [-0.15, -0.1) is 0 Å². The zero-order valence-electron chi connectivity index (χ0n) is 11.0. The first-order chi connectivity index (χ1) is 9.79. The number of primary sulfonamides is 1. The molecule has 2 aromatic rings. The van der Waals surface area contributed by atoms with Crippen molar-refractivity contribution in [2.24, 2.45) is 5.14 Å². The largest absolute Gasteiger partial charge is 0.321 e. The highest BCUT2D eigenvalue weighted by Gasteiger charge is 2.16. The van der Waals surface area contributed by atoms with Crippen LogP contribution < -0.4 is 10.5 Å². The number of nitrogens with one attached hydrogen (secondary N) is 1. The molecule has 0 aliphatic heterocycles. The fourth-order valence-corrected chi connectivity index (χ4v) is 3.15. The number of sulfonamides is 1. The number of aryl methyl sites for hydroxylation is 1. The third-order valence-corrected chi connectivity index (χ3v) is 4.47. The molecule has 0 radical (unpaired) electrons. The van der Waals surface area contributed by atoms with Crippen LogP contribution >= 0.6 is 15.9 Å². The third-order valence-electron chi connectivity index (χ3n) is 2.76. The summed E-state index contributed by atoms with van der Waals surface area (Å²) in [5.41, 5.74) is 1.36. The second-order valence-corrected chi connectivity index (χ2v) is 6.72. The van der Waals surface area contributed by atoms with Gasteiger partial charge in [0.2, 0.25) is 10.0 Å². The average molecular weight is 370 g/mol. The number of halogens is 1. The highest BCUT2D eigenvalue weighted by atomic mass is 79.9. The summed E-state index contributed by atoms with van der Waals surface area (Å²) in [7, 11) is -3.80. The Morgan fingerprint density at radius 2 is 1.90 bits per heavy atom. The van der Waals surface area contributed by atoms with Gasteiger partial charge in [0.05, 0.1) is 10.6 Å². The van der Waals surface area contributed by atoms with Gasteiger partial charge in [0.1, 0.15) is 0 Å². The van der Waals surface area contributed by atoms with Gasteiger partial charge >= 0.3 is 0 Å². The van der Waals surface area contributed by atoms with Crippen LogP contribution in [-0.2, 0) is 10.0 Å². The number of amides is 1. The number of aromatic nitrogens is 1. The number of nitrogens with zero attached hydrogens (tertiary/aromatic N) is 1. The number of carbonyl (C=O) groups excluding carboxylic acids is 1. The molecule has 0 unspecified atom stereocenters. The van der Waals surface area contributed by atoms with E-state index in [0.717, 1.165) is 0 Å². The molecule has 1 aromatic carbocycles. The third kappa shape index (κ3) is 3.66. The van der Waals surface area contributed by atoms with Gasteiger partial charge in [0.15, 0.2) is 0 Å². The van der Waals surface area contributed by atoms with E-state index < -0.39 is 10.0 Å². The molecule has 0 saturated carbocycles. The average Bonchev–Trinajstić information content (AvgIpc) is 2.42. The maximum absolute atomic E-state index is 12.1. The fourth-order valence-electron chi connectivity index (χ4n) is 1.76. The van der Waals surface area contributed by atoms with Gasteiger partial charge in [0.25, 0.3) is 5.91 Å². The number of hydrogen-bond donors (Lipinski definition) is 2. The summed E-state index contributed by atoms with van der Waals surface area (Å²) in [6.45, 7) is 1.61. The highest BCUT2D eigenvalue weighted by Crippen LogP contribution is 2.28. The first kappa shape index (κ1) is 15.6. The second-order valence-electron chi connectivity index (χ2n) is 4.33. The minimum atomic E-state index is -3.80. The molecule has 0 bridgehead atoms. The van der Waals surface area contributed by atoms with Crippen LogP contribution in [0.5, 0.6) is 0 Å². The summed E-state index contributed by atoms with van der Waals surface area (Å²) >= 11 is 3.23. The smallest absolute Gasteiger partial charge is 0.255 e. The molecule has 0 aliphatic rings. The Bertz CT molecular complexity index is 792. The van der Waals surface area contributed by atoms with E-state index in [1.54, 1.807) is 25.1 Å². The maximum atomic E-state index is 12.1. The van der Waals surface area contributed by atoms with Gasteiger partial charge < -0.3 is 5.32 Å². The molecule has 1 amide bonds. The van der Waals surface area contributed by atoms with Crippen molar-refractivity contribution in [1.29, 1.82) is 0 Å². The molecule has 8 heteroatoms. The van der Waals surface area contributed by atoms with E-state index >= 15 is 0 Å².